The minimum absolute atomic E-state index is 0.133. The first kappa shape index (κ1) is 14.2. The quantitative estimate of drug-likeness (QED) is 0.873. The van der Waals surface area contributed by atoms with Gasteiger partial charge in [0.1, 0.15) is 17.3 Å². The summed E-state index contributed by atoms with van der Waals surface area (Å²) in [6, 6.07) is 2.05. The fourth-order valence-electron chi connectivity index (χ4n) is 1.63. The molecule has 5 heteroatoms. The molecule has 0 fully saturated rings. The number of thiophene rings is 1. The number of nitrogens with zero attached hydrogens (tertiary/aromatic N) is 2. The fourth-order valence-corrected chi connectivity index (χ4v) is 2.41. The summed E-state index contributed by atoms with van der Waals surface area (Å²) in [6.07, 6.45) is 0.967. The molecule has 1 N–H and O–H groups in total. The highest BCUT2D eigenvalue weighted by Crippen LogP contribution is 2.25. The van der Waals surface area contributed by atoms with E-state index in [-0.39, 0.29) is 5.60 Å². The number of nitrogens with one attached hydrogen (secondary N) is 1. The normalized spacial score (nSPS) is 12.0. The molecular formula is C14H21N3OS. The molecule has 0 saturated heterocycles. The van der Waals surface area contributed by atoms with Gasteiger partial charge in [0.15, 0.2) is 5.82 Å². The molecule has 0 aromatic carbocycles. The average Bonchev–Trinajstić information content (AvgIpc) is 2.85. The van der Waals surface area contributed by atoms with Crippen molar-refractivity contribution in [3.63, 3.8) is 0 Å². The highest BCUT2D eigenvalue weighted by molar-refractivity contribution is 7.16. The number of ether oxygens (including phenoxy) is 1. The third kappa shape index (κ3) is 3.42. The van der Waals surface area contributed by atoms with Gasteiger partial charge in [-0.15, -0.1) is 11.3 Å². The Morgan fingerprint density at radius 1 is 1.32 bits per heavy atom. The predicted molar refractivity (Wildman–Crippen MR) is 80.7 cm³/mol. The number of rotatable bonds is 6. The number of aromatic nitrogens is 2. The van der Waals surface area contributed by atoms with Crippen molar-refractivity contribution < 1.29 is 4.74 Å². The fraction of sp³-hybridized carbons (Fsp3) is 0.571. The molecule has 0 aliphatic carbocycles. The second-order valence-corrected chi connectivity index (χ2v) is 5.95. The minimum atomic E-state index is -0.133. The van der Waals surface area contributed by atoms with Crippen LogP contribution in [0.15, 0.2) is 11.4 Å². The molecule has 2 heterocycles. The summed E-state index contributed by atoms with van der Waals surface area (Å²) < 4.78 is 5.88. The van der Waals surface area contributed by atoms with Gasteiger partial charge < -0.3 is 10.1 Å². The third-order valence-corrected chi connectivity index (χ3v) is 3.97. The van der Waals surface area contributed by atoms with Crippen LogP contribution in [0, 0.1) is 0 Å². The summed E-state index contributed by atoms with van der Waals surface area (Å²) in [6.45, 7) is 9.66. The molecule has 0 radical (unpaired) electrons. The summed E-state index contributed by atoms with van der Waals surface area (Å²) >= 11 is 1.63. The zero-order chi connectivity index (χ0) is 13.9. The van der Waals surface area contributed by atoms with E-state index in [1.54, 1.807) is 11.3 Å². The first-order valence-corrected chi connectivity index (χ1v) is 7.55. The molecule has 0 aliphatic heterocycles. The smallest absolute Gasteiger partial charge is 0.158 e. The van der Waals surface area contributed by atoms with Crippen molar-refractivity contribution in [1.29, 1.82) is 0 Å². The van der Waals surface area contributed by atoms with E-state index in [0.29, 0.717) is 6.61 Å². The first-order valence-electron chi connectivity index (χ1n) is 6.67. The van der Waals surface area contributed by atoms with E-state index in [0.717, 1.165) is 34.8 Å². The summed E-state index contributed by atoms with van der Waals surface area (Å²) in [5.41, 5.74) is -0.133. The Balaban J connectivity index is 2.23. The molecule has 4 nitrogen and oxygen atoms in total. The average molecular weight is 279 g/mol. The van der Waals surface area contributed by atoms with Crippen molar-refractivity contribution in [3.8, 4) is 0 Å². The Kier molecular flexibility index (Phi) is 4.37. The standard InChI is InChI=1S/C14H21N3OS/c1-5-14(3,4)18-9-11-16-12(15-6-2)10-7-8-19-13(10)17-11/h7-8H,5-6,9H2,1-4H3,(H,15,16,17). The molecule has 0 atom stereocenters. The molecule has 2 rings (SSSR count). The molecule has 0 bridgehead atoms. The van der Waals surface area contributed by atoms with E-state index in [9.17, 15) is 0 Å². The maximum Gasteiger partial charge on any atom is 0.158 e. The van der Waals surface area contributed by atoms with E-state index in [2.05, 4.69) is 49.0 Å². The van der Waals surface area contributed by atoms with Crippen molar-refractivity contribution in [2.75, 3.05) is 11.9 Å². The van der Waals surface area contributed by atoms with Gasteiger partial charge >= 0.3 is 0 Å². The Hall–Kier alpha value is -1.20. The molecule has 104 valence electrons. The highest BCUT2D eigenvalue weighted by atomic mass is 32.1. The van der Waals surface area contributed by atoms with Crippen LogP contribution in [0.2, 0.25) is 0 Å². The van der Waals surface area contributed by atoms with Crippen LogP contribution in [0.4, 0.5) is 5.82 Å². The van der Waals surface area contributed by atoms with Crippen molar-refractivity contribution in [1.82, 2.24) is 9.97 Å². The van der Waals surface area contributed by atoms with Gasteiger partial charge in [0.05, 0.1) is 11.0 Å². The Morgan fingerprint density at radius 2 is 2.11 bits per heavy atom. The largest absolute Gasteiger partial charge is 0.370 e. The topological polar surface area (TPSA) is 47.0 Å². The highest BCUT2D eigenvalue weighted by Gasteiger charge is 2.17. The van der Waals surface area contributed by atoms with E-state index < -0.39 is 0 Å². The molecule has 0 aliphatic rings. The number of fused-ring (bicyclic) bond motifs is 1. The lowest BCUT2D eigenvalue weighted by Crippen LogP contribution is -2.23. The van der Waals surface area contributed by atoms with Gasteiger partial charge in [-0.1, -0.05) is 6.92 Å². The van der Waals surface area contributed by atoms with E-state index in [1.807, 2.05) is 5.38 Å². The van der Waals surface area contributed by atoms with Crippen LogP contribution >= 0.6 is 11.3 Å². The number of anilines is 1. The summed E-state index contributed by atoms with van der Waals surface area (Å²) in [7, 11) is 0. The molecule has 0 saturated carbocycles. The summed E-state index contributed by atoms with van der Waals surface area (Å²) in [5, 5.41) is 6.42. The SMILES string of the molecule is CCNc1nc(COC(C)(C)CC)nc2sccc12. The molecule has 0 amide bonds. The van der Waals surface area contributed by atoms with E-state index in [4.69, 9.17) is 4.74 Å². The minimum Gasteiger partial charge on any atom is -0.370 e. The van der Waals surface area contributed by atoms with Crippen molar-refractivity contribution >= 4 is 27.4 Å². The van der Waals surface area contributed by atoms with Gasteiger partial charge in [-0.05, 0) is 38.6 Å². The van der Waals surface area contributed by atoms with Gasteiger partial charge in [0.25, 0.3) is 0 Å². The van der Waals surface area contributed by atoms with Gasteiger partial charge in [0.2, 0.25) is 0 Å². The third-order valence-electron chi connectivity index (χ3n) is 3.16. The Morgan fingerprint density at radius 3 is 2.79 bits per heavy atom. The molecular weight excluding hydrogens is 258 g/mol. The Labute approximate surface area is 118 Å². The molecule has 0 unspecified atom stereocenters. The lowest BCUT2D eigenvalue weighted by atomic mass is 10.1. The van der Waals surface area contributed by atoms with Gasteiger partial charge in [-0.3, -0.25) is 0 Å². The van der Waals surface area contributed by atoms with Gasteiger partial charge in [-0.2, -0.15) is 0 Å². The van der Waals surface area contributed by atoms with Crippen LogP contribution in [0.3, 0.4) is 0 Å². The van der Waals surface area contributed by atoms with Crippen molar-refractivity contribution in [3.05, 3.63) is 17.3 Å². The molecule has 2 aromatic rings. The zero-order valence-corrected chi connectivity index (χ0v) is 12.8. The van der Waals surface area contributed by atoms with Crippen LogP contribution in [0.1, 0.15) is 39.9 Å². The van der Waals surface area contributed by atoms with Gasteiger partial charge in [-0.25, -0.2) is 9.97 Å². The van der Waals surface area contributed by atoms with Crippen LogP contribution < -0.4 is 5.32 Å². The van der Waals surface area contributed by atoms with Crippen molar-refractivity contribution in [2.45, 2.75) is 46.3 Å². The molecule has 0 spiro atoms. The van der Waals surface area contributed by atoms with Crippen LogP contribution in [0.25, 0.3) is 10.2 Å². The lowest BCUT2D eigenvalue weighted by Gasteiger charge is -2.23. The van der Waals surface area contributed by atoms with Gasteiger partial charge in [0, 0.05) is 6.54 Å². The number of hydrogen-bond donors (Lipinski definition) is 1. The number of hydrogen-bond acceptors (Lipinski definition) is 5. The lowest BCUT2D eigenvalue weighted by molar-refractivity contribution is -0.0343. The van der Waals surface area contributed by atoms with Crippen LogP contribution in [0.5, 0.6) is 0 Å². The van der Waals surface area contributed by atoms with E-state index in [1.165, 1.54) is 0 Å². The maximum absolute atomic E-state index is 5.88. The maximum atomic E-state index is 5.88. The second-order valence-electron chi connectivity index (χ2n) is 5.06. The Bertz CT molecular complexity index is 551. The zero-order valence-electron chi connectivity index (χ0n) is 12.0. The van der Waals surface area contributed by atoms with E-state index >= 15 is 0 Å². The summed E-state index contributed by atoms with van der Waals surface area (Å²) in [4.78, 5) is 10.1. The van der Waals surface area contributed by atoms with Crippen molar-refractivity contribution in [2.24, 2.45) is 0 Å². The second kappa shape index (κ2) is 5.84. The molecule has 2 aromatic heterocycles. The van der Waals surface area contributed by atoms with Crippen LogP contribution in [-0.2, 0) is 11.3 Å². The summed E-state index contributed by atoms with van der Waals surface area (Å²) in [5.74, 6) is 1.65. The monoisotopic (exact) mass is 279 g/mol. The van der Waals surface area contributed by atoms with Crippen LogP contribution in [-0.4, -0.2) is 22.1 Å². The predicted octanol–water partition coefficient (Wildman–Crippen LogP) is 3.83. The molecule has 19 heavy (non-hydrogen) atoms. The first-order chi connectivity index (χ1) is 9.05.